The standard InChI is InChI=1S/C16H23ClN2/c1-5-10-19(11-6-2)16-9-8-14(12-15(16)17)13(4)18-7-3/h5-6,8-9,12-13,18H,1-2,7,10-11H2,3-4H3. The van der Waals surface area contributed by atoms with Crippen molar-refractivity contribution < 1.29 is 0 Å². The van der Waals surface area contributed by atoms with Gasteiger partial charge in [0, 0.05) is 19.1 Å². The summed E-state index contributed by atoms with van der Waals surface area (Å²) in [6, 6.07) is 6.53. The van der Waals surface area contributed by atoms with Crippen LogP contribution < -0.4 is 10.2 Å². The Hall–Kier alpha value is -1.25. The van der Waals surface area contributed by atoms with Crippen LogP contribution in [-0.4, -0.2) is 19.6 Å². The zero-order chi connectivity index (χ0) is 14.3. The average molecular weight is 279 g/mol. The smallest absolute Gasteiger partial charge is 0.0643 e. The van der Waals surface area contributed by atoms with Crippen molar-refractivity contribution in [2.75, 3.05) is 24.5 Å². The maximum atomic E-state index is 6.40. The van der Waals surface area contributed by atoms with Gasteiger partial charge < -0.3 is 10.2 Å². The first-order valence-electron chi connectivity index (χ1n) is 6.63. The van der Waals surface area contributed by atoms with Gasteiger partial charge >= 0.3 is 0 Å². The Morgan fingerprint density at radius 3 is 2.42 bits per heavy atom. The average Bonchev–Trinajstić information content (AvgIpc) is 2.39. The first kappa shape index (κ1) is 15.8. The molecule has 0 heterocycles. The first-order chi connectivity index (χ1) is 9.13. The molecule has 0 aliphatic heterocycles. The lowest BCUT2D eigenvalue weighted by Gasteiger charge is -2.24. The van der Waals surface area contributed by atoms with E-state index in [4.69, 9.17) is 11.6 Å². The molecule has 1 rings (SSSR count). The second-order valence-corrected chi connectivity index (χ2v) is 4.88. The molecule has 0 spiro atoms. The van der Waals surface area contributed by atoms with Crippen molar-refractivity contribution >= 4 is 17.3 Å². The number of benzene rings is 1. The molecule has 0 aliphatic rings. The molecule has 104 valence electrons. The highest BCUT2D eigenvalue weighted by atomic mass is 35.5. The predicted molar refractivity (Wildman–Crippen MR) is 86.2 cm³/mol. The monoisotopic (exact) mass is 278 g/mol. The van der Waals surface area contributed by atoms with E-state index in [-0.39, 0.29) is 0 Å². The first-order valence-corrected chi connectivity index (χ1v) is 7.01. The minimum absolute atomic E-state index is 0.309. The molecule has 0 saturated carbocycles. The minimum atomic E-state index is 0.309. The number of anilines is 1. The molecule has 1 unspecified atom stereocenters. The van der Waals surface area contributed by atoms with Crippen LogP contribution in [0.25, 0.3) is 0 Å². The number of rotatable bonds is 8. The van der Waals surface area contributed by atoms with Gasteiger partial charge in [-0.1, -0.05) is 36.7 Å². The molecule has 0 radical (unpaired) electrons. The number of halogens is 1. The van der Waals surface area contributed by atoms with Gasteiger partial charge in [-0.15, -0.1) is 13.2 Å². The second-order valence-electron chi connectivity index (χ2n) is 4.47. The fourth-order valence-electron chi connectivity index (χ4n) is 2.06. The Morgan fingerprint density at radius 1 is 1.32 bits per heavy atom. The summed E-state index contributed by atoms with van der Waals surface area (Å²) in [6.07, 6.45) is 3.74. The number of nitrogens with zero attached hydrogens (tertiary/aromatic N) is 1. The summed E-state index contributed by atoms with van der Waals surface area (Å²) >= 11 is 6.40. The van der Waals surface area contributed by atoms with Crippen LogP contribution in [0.3, 0.4) is 0 Å². The van der Waals surface area contributed by atoms with Crippen molar-refractivity contribution in [3.63, 3.8) is 0 Å². The summed E-state index contributed by atoms with van der Waals surface area (Å²) in [5, 5.41) is 4.15. The highest BCUT2D eigenvalue weighted by Crippen LogP contribution is 2.29. The summed E-state index contributed by atoms with van der Waals surface area (Å²) in [5.41, 5.74) is 2.22. The molecule has 3 heteroatoms. The summed E-state index contributed by atoms with van der Waals surface area (Å²) in [5.74, 6) is 0. The lowest BCUT2D eigenvalue weighted by molar-refractivity contribution is 0.598. The fourth-order valence-corrected chi connectivity index (χ4v) is 2.36. The van der Waals surface area contributed by atoms with E-state index in [1.807, 2.05) is 18.2 Å². The summed E-state index contributed by atoms with van der Waals surface area (Å²) in [7, 11) is 0. The van der Waals surface area contributed by atoms with Gasteiger partial charge in [-0.3, -0.25) is 0 Å². The zero-order valence-corrected chi connectivity index (χ0v) is 12.6. The molecule has 1 aromatic carbocycles. The van der Waals surface area contributed by atoms with Crippen LogP contribution in [0, 0.1) is 0 Å². The summed E-state index contributed by atoms with van der Waals surface area (Å²) < 4.78 is 0. The van der Waals surface area contributed by atoms with E-state index in [0.717, 1.165) is 30.3 Å². The third-order valence-electron chi connectivity index (χ3n) is 3.02. The van der Waals surface area contributed by atoms with Crippen molar-refractivity contribution in [3.8, 4) is 0 Å². The quantitative estimate of drug-likeness (QED) is 0.718. The maximum Gasteiger partial charge on any atom is 0.0643 e. The predicted octanol–water partition coefficient (Wildman–Crippen LogP) is 4.19. The SMILES string of the molecule is C=CCN(CC=C)c1ccc(C(C)NCC)cc1Cl. The van der Waals surface area contributed by atoms with E-state index in [1.54, 1.807) is 0 Å². The van der Waals surface area contributed by atoms with Crippen molar-refractivity contribution in [1.29, 1.82) is 0 Å². The normalized spacial score (nSPS) is 11.9. The van der Waals surface area contributed by atoms with Crippen LogP contribution in [0.1, 0.15) is 25.5 Å². The molecule has 1 aromatic rings. The molecular formula is C16H23ClN2. The van der Waals surface area contributed by atoms with Gasteiger partial charge in [-0.05, 0) is 31.2 Å². The van der Waals surface area contributed by atoms with Crippen LogP contribution in [0.5, 0.6) is 0 Å². The summed E-state index contributed by atoms with van der Waals surface area (Å²) in [6.45, 7) is 14.3. The zero-order valence-electron chi connectivity index (χ0n) is 11.8. The molecule has 0 fully saturated rings. The van der Waals surface area contributed by atoms with Crippen molar-refractivity contribution in [2.45, 2.75) is 19.9 Å². The molecule has 0 bridgehead atoms. The fraction of sp³-hybridized carbons (Fsp3) is 0.375. The van der Waals surface area contributed by atoms with E-state index < -0.39 is 0 Å². The lowest BCUT2D eigenvalue weighted by atomic mass is 10.1. The van der Waals surface area contributed by atoms with Crippen molar-refractivity contribution in [3.05, 3.63) is 54.1 Å². The van der Waals surface area contributed by atoms with E-state index in [2.05, 4.69) is 49.4 Å². The third-order valence-corrected chi connectivity index (χ3v) is 3.32. The second kappa shape index (κ2) is 8.03. The Balaban J connectivity index is 2.97. The third kappa shape index (κ3) is 4.41. The number of nitrogens with one attached hydrogen (secondary N) is 1. The van der Waals surface area contributed by atoms with Gasteiger partial charge in [0.1, 0.15) is 0 Å². The van der Waals surface area contributed by atoms with Gasteiger partial charge in [0.05, 0.1) is 10.7 Å². The molecule has 0 aromatic heterocycles. The molecule has 0 aliphatic carbocycles. The lowest BCUT2D eigenvalue weighted by Crippen LogP contribution is -2.23. The van der Waals surface area contributed by atoms with Gasteiger partial charge in [0.15, 0.2) is 0 Å². The highest BCUT2D eigenvalue weighted by molar-refractivity contribution is 6.33. The molecular weight excluding hydrogens is 256 g/mol. The number of hydrogen-bond donors (Lipinski definition) is 1. The Bertz CT molecular complexity index is 419. The Kier molecular flexibility index (Phi) is 6.68. The van der Waals surface area contributed by atoms with E-state index in [9.17, 15) is 0 Å². The molecule has 0 amide bonds. The van der Waals surface area contributed by atoms with Gasteiger partial charge in [0.2, 0.25) is 0 Å². The number of hydrogen-bond acceptors (Lipinski definition) is 2. The maximum absolute atomic E-state index is 6.40. The molecule has 1 N–H and O–H groups in total. The van der Waals surface area contributed by atoms with Crippen molar-refractivity contribution in [2.24, 2.45) is 0 Å². The van der Waals surface area contributed by atoms with Crippen LogP contribution >= 0.6 is 11.6 Å². The van der Waals surface area contributed by atoms with Crippen molar-refractivity contribution in [1.82, 2.24) is 5.32 Å². The highest BCUT2D eigenvalue weighted by Gasteiger charge is 2.11. The molecule has 1 atom stereocenters. The van der Waals surface area contributed by atoms with Crippen LogP contribution in [0.15, 0.2) is 43.5 Å². The minimum Gasteiger partial charge on any atom is -0.363 e. The van der Waals surface area contributed by atoms with E-state index in [0.29, 0.717) is 6.04 Å². The van der Waals surface area contributed by atoms with Gasteiger partial charge in [-0.25, -0.2) is 0 Å². The van der Waals surface area contributed by atoms with E-state index >= 15 is 0 Å². The van der Waals surface area contributed by atoms with Crippen LogP contribution in [0.2, 0.25) is 5.02 Å². The van der Waals surface area contributed by atoms with Gasteiger partial charge in [0.25, 0.3) is 0 Å². The molecule has 19 heavy (non-hydrogen) atoms. The molecule has 0 saturated heterocycles. The molecule has 2 nitrogen and oxygen atoms in total. The Morgan fingerprint density at radius 2 is 1.95 bits per heavy atom. The summed E-state index contributed by atoms with van der Waals surface area (Å²) in [4.78, 5) is 2.14. The topological polar surface area (TPSA) is 15.3 Å². The van der Waals surface area contributed by atoms with Crippen LogP contribution in [0.4, 0.5) is 5.69 Å². The largest absolute Gasteiger partial charge is 0.363 e. The Labute approximate surface area is 121 Å². The van der Waals surface area contributed by atoms with E-state index in [1.165, 1.54) is 5.56 Å². The van der Waals surface area contributed by atoms with Gasteiger partial charge in [-0.2, -0.15) is 0 Å². The van der Waals surface area contributed by atoms with Crippen LogP contribution in [-0.2, 0) is 0 Å².